The number of carbonyl (C=O) groups excluding carboxylic acids is 2. The van der Waals surface area contributed by atoms with Crippen LogP contribution in [0.2, 0.25) is 10.0 Å². The summed E-state index contributed by atoms with van der Waals surface area (Å²) in [5.74, 6) is 1.15. The molecule has 6 nitrogen and oxygen atoms in total. The topological polar surface area (TPSA) is 67.9 Å². The standard InChI is InChI=1S/C23H20Cl2N2O4S2/c24-15-6-7-17(16(25)12-15)26-21(28)4-2-1-3-9-27-22(29)20(33-23(27)32)11-14-5-8-18-19(10-14)31-13-30-18/h5-8,10-12H,1-4,9,13H2,(H,26,28). The average molecular weight is 523 g/mol. The number of nitrogens with one attached hydrogen (secondary N) is 1. The first-order chi connectivity index (χ1) is 15.9. The fourth-order valence-electron chi connectivity index (χ4n) is 3.38. The molecule has 1 saturated heterocycles. The summed E-state index contributed by atoms with van der Waals surface area (Å²) in [6.45, 7) is 0.727. The van der Waals surface area contributed by atoms with E-state index in [1.54, 1.807) is 23.1 Å². The Morgan fingerprint density at radius 1 is 1.12 bits per heavy atom. The molecule has 33 heavy (non-hydrogen) atoms. The van der Waals surface area contributed by atoms with Gasteiger partial charge in [0.2, 0.25) is 12.7 Å². The highest BCUT2D eigenvalue weighted by molar-refractivity contribution is 8.26. The molecule has 10 heteroatoms. The molecule has 0 unspecified atom stereocenters. The first kappa shape index (κ1) is 23.9. The highest BCUT2D eigenvalue weighted by Gasteiger charge is 2.31. The van der Waals surface area contributed by atoms with Crippen molar-refractivity contribution < 1.29 is 19.1 Å². The number of halogens is 2. The lowest BCUT2D eigenvalue weighted by atomic mass is 10.1. The number of anilines is 1. The van der Waals surface area contributed by atoms with Crippen LogP contribution in [0.1, 0.15) is 31.2 Å². The maximum absolute atomic E-state index is 12.8. The van der Waals surface area contributed by atoms with Crippen LogP contribution in [0.15, 0.2) is 41.3 Å². The van der Waals surface area contributed by atoms with Crippen molar-refractivity contribution in [2.45, 2.75) is 25.7 Å². The highest BCUT2D eigenvalue weighted by atomic mass is 35.5. The van der Waals surface area contributed by atoms with E-state index in [4.69, 9.17) is 44.9 Å². The molecule has 2 heterocycles. The van der Waals surface area contributed by atoms with E-state index in [-0.39, 0.29) is 18.6 Å². The van der Waals surface area contributed by atoms with Gasteiger partial charge in [-0.1, -0.05) is 59.7 Å². The fourth-order valence-corrected chi connectivity index (χ4v) is 5.15. The van der Waals surface area contributed by atoms with Gasteiger partial charge in [-0.15, -0.1) is 0 Å². The molecule has 2 aliphatic heterocycles. The van der Waals surface area contributed by atoms with E-state index in [0.717, 1.165) is 18.4 Å². The van der Waals surface area contributed by atoms with Gasteiger partial charge in [0, 0.05) is 18.0 Å². The van der Waals surface area contributed by atoms with Gasteiger partial charge in [-0.3, -0.25) is 14.5 Å². The highest BCUT2D eigenvalue weighted by Crippen LogP contribution is 2.36. The van der Waals surface area contributed by atoms with Crippen molar-refractivity contribution in [3.8, 4) is 11.5 Å². The van der Waals surface area contributed by atoms with Crippen molar-refractivity contribution in [3.05, 3.63) is 56.9 Å². The lowest BCUT2D eigenvalue weighted by Gasteiger charge is -2.14. The molecule has 2 aromatic carbocycles. The summed E-state index contributed by atoms with van der Waals surface area (Å²) in [6.07, 6.45) is 4.41. The second-order valence-electron chi connectivity index (χ2n) is 7.43. The number of thiocarbonyl (C=S) groups is 1. The summed E-state index contributed by atoms with van der Waals surface area (Å²) in [4.78, 5) is 27.1. The monoisotopic (exact) mass is 522 g/mol. The van der Waals surface area contributed by atoms with E-state index in [1.807, 2.05) is 24.3 Å². The molecule has 0 atom stereocenters. The molecule has 2 aliphatic rings. The molecule has 0 aromatic heterocycles. The Hall–Kier alpha value is -2.26. The van der Waals surface area contributed by atoms with E-state index in [0.29, 0.717) is 55.8 Å². The van der Waals surface area contributed by atoms with Crippen molar-refractivity contribution in [1.29, 1.82) is 0 Å². The van der Waals surface area contributed by atoms with Gasteiger partial charge in [0.15, 0.2) is 11.5 Å². The van der Waals surface area contributed by atoms with Crippen molar-refractivity contribution in [2.75, 3.05) is 18.7 Å². The molecule has 0 spiro atoms. The maximum atomic E-state index is 12.8. The second kappa shape index (κ2) is 10.8. The third-order valence-corrected chi connectivity index (χ3v) is 6.98. The molecule has 4 rings (SSSR count). The van der Waals surface area contributed by atoms with Crippen LogP contribution in [0.4, 0.5) is 5.69 Å². The van der Waals surface area contributed by atoms with Crippen LogP contribution < -0.4 is 14.8 Å². The number of rotatable bonds is 8. The van der Waals surface area contributed by atoms with Gasteiger partial charge in [-0.05, 0) is 54.8 Å². The Kier molecular flexibility index (Phi) is 7.80. The molecule has 0 radical (unpaired) electrons. The zero-order valence-corrected chi connectivity index (χ0v) is 20.6. The zero-order valence-electron chi connectivity index (χ0n) is 17.4. The SMILES string of the molecule is O=C(CCCCCN1C(=O)C(=Cc2ccc3c(c2)OCO3)SC1=S)Nc1ccc(Cl)cc1Cl. The van der Waals surface area contributed by atoms with Crippen LogP contribution in [-0.4, -0.2) is 34.4 Å². The number of carbonyl (C=O) groups is 2. The van der Waals surface area contributed by atoms with Crippen LogP contribution in [0, 0.1) is 0 Å². The number of hydrogen-bond donors (Lipinski definition) is 1. The van der Waals surface area contributed by atoms with Crippen LogP contribution in [0.25, 0.3) is 6.08 Å². The van der Waals surface area contributed by atoms with E-state index in [2.05, 4.69) is 5.32 Å². The smallest absolute Gasteiger partial charge is 0.266 e. The number of ether oxygens (including phenoxy) is 2. The number of benzene rings is 2. The van der Waals surface area contributed by atoms with Crippen LogP contribution in [-0.2, 0) is 9.59 Å². The molecule has 0 aliphatic carbocycles. The van der Waals surface area contributed by atoms with E-state index in [9.17, 15) is 9.59 Å². The fraction of sp³-hybridized carbons (Fsp3) is 0.261. The van der Waals surface area contributed by atoms with Crippen LogP contribution in [0.5, 0.6) is 11.5 Å². The number of unbranched alkanes of at least 4 members (excludes halogenated alkanes) is 2. The Balaban J connectivity index is 1.22. The maximum Gasteiger partial charge on any atom is 0.266 e. The van der Waals surface area contributed by atoms with Gasteiger partial charge < -0.3 is 14.8 Å². The number of thioether (sulfide) groups is 1. The quantitative estimate of drug-likeness (QED) is 0.255. The van der Waals surface area contributed by atoms with E-state index in [1.165, 1.54) is 11.8 Å². The molecule has 2 amide bonds. The molecular formula is C23H20Cl2N2O4S2. The Bertz CT molecular complexity index is 1140. The first-order valence-electron chi connectivity index (χ1n) is 10.3. The minimum atomic E-state index is -0.114. The number of fused-ring (bicyclic) bond motifs is 1. The molecule has 1 N–H and O–H groups in total. The van der Waals surface area contributed by atoms with Crippen LogP contribution in [0.3, 0.4) is 0 Å². The van der Waals surface area contributed by atoms with Gasteiger partial charge in [0.25, 0.3) is 5.91 Å². The van der Waals surface area contributed by atoms with Crippen molar-refractivity contribution in [1.82, 2.24) is 4.90 Å². The van der Waals surface area contributed by atoms with Crippen molar-refractivity contribution in [2.24, 2.45) is 0 Å². The van der Waals surface area contributed by atoms with Crippen LogP contribution >= 0.6 is 47.2 Å². The molecule has 1 fully saturated rings. The van der Waals surface area contributed by atoms with Gasteiger partial charge in [0.1, 0.15) is 4.32 Å². The Morgan fingerprint density at radius 3 is 2.76 bits per heavy atom. The Labute approximate surface area is 211 Å². The molecule has 2 aromatic rings. The van der Waals surface area contributed by atoms with E-state index < -0.39 is 0 Å². The number of nitrogens with zero attached hydrogens (tertiary/aromatic N) is 1. The van der Waals surface area contributed by atoms with E-state index >= 15 is 0 Å². The number of hydrogen-bond acceptors (Lipinski definition) is 6. The van der Waals surface area contributed by atoms with Crippen molar-refractivity contribution >= 4 is 75.1 Å². The minimum Gasteiger partial charge on any atom is -0.454 e. The molecule has 172 valence electrons. The molecular weight excluding hydrogens is 503 g/mol. The molecule has 0 bridgehead atoms. The lowest BCUT2D eigenvalue weighted by molar-refractivity contribution is -0.122. The lowest BCUT2D eigenvalue weighted by Crippen LogP contribution is -2.29. The largest absolute Gasteiger partial charge is 0.454 e. The zero-order chi connectivity index (χ0) is 23.4. The Morgan fingerprint density at radius 2 is 1.94 bits per heavy atom. The van der Waals surface area contributed by atoms with Gasteiger partial charge in [-0.25, -0.2) is 0 Å². The summed E-state index contributed by atoms with van der Waals surface area (Å²) >= 11 is 18.6. The first-order valence-corrected chi connectivity index (χ1v) is 12.3. The summed E-state index contributed by atoms with van der Waals surface area (Å²) in [7, 11) is 0. The summed E-state index contributed by atoms with van der Waals surface area (Å²) < 4.78 is 11.3. The summed E-state index contributed by atoms with van der Waals surface area (Å²) in [6, 6.07) is 10.5. The van der Waals surface area contributed by atoms with Gasteiger partial charge in [0.05, 0.1) is 15.6 Å². The summed E-state index contributed by atoms with van der Waals surface area (Å²) in [5, 5.41) is 3.70. The third kappa shape index (κ3) is 6.00. The van der Waals surface area contributed by atoms with Gasteiger partial charge in [-0.2, -0.15) is 0 Å². The van der Waals surface area contributed by atoms with Gasteiger partial charge >= 0.3 is 0 Å². The minimum absolute atomic E-state index is 0.0993. The predicted molar refractivity (Wildman–Crippen MR) is 136 cm³/mol. The average Bonchev–Trinajstić information content (AvgIpc) is 3.34. The van der Waals surface area contributed by atoms with Crippen molar-refractivity contribution in [3.63, 3.8) is 0 Å². The molecule has 0 saturated carbocycles. The third-order valence-electron chi connectivity index (χ3n) is 5.06. The second-order valence-corrected chi connectivity index (χ2v) is 9.95. The number of amides is 2. The normalized spacial score (nSPS) is 16.1. The predicted octanol–water partition coefficient (Wildman–Crippen LogP) is 6.12. The summed E-state index contributed by atoms with van der Waals surface area (Å²) in [5.41, 5.74) is 1.39.